The lowest BCUT2D eigenvalue weighted by Gasteiger charge is -2.47. The van der Waals surface area contributed by atoms with Gasteiger partial charge in [0.25, 0.3) is 0 Å². The molecule has 0 radical (unpaired) electrons. The average Bonchev–Trinajstić information content (AvgIpc) is 3.50. The number of carbonyl (C=O) groups is 4. The van der Waals surface area contributed by atoms with Crippen molar-refractivity contribution in [2.75, 3.05) is 19.6 Å². The lowest BCUT2D eigenvalue weighted by Crippen LogP contribution is -2.66. The van der Waals surface area contributed by atoms with Crippen LogP contribution in [-0.2, 0) is 25.7 Å². The van der Waals surface area contributed by atoms with Gasteiger partial charge in [-0.25, -0.2) is 9.48 Å². The van der Waals surface area contributed by atoms with E-state index in [1.165, 1.54) is 27.7 Å². The molecule has 1 aromatic rings. The normalized spacial score (nSPS) is 30.6. The predicted molar refractivity (Wildman–Crippen MR) is 126 cm³/mol. The van der Waals surface area contributed by atoms with Gasteiger partial charge in [-0.1, -0.05) is 6.92 Å². The van der Waals surface area contributed by atoms with E-state index >= 15 is 0 Å². The molecule has 0 aromatic carbocycles. The molecule has 0 aliphatic carbocycles. The maximum atomic E-state index is 13.0. The van der Waals surface area contributed by atoms with Crippen LogP contribution in [0.2, 0.25) is 0 Å². The number of amides is 3. The van der Waals surface area contributed by atoms with Crippen LogP contribution in [0.15, 0.2) is 16.9 Å². The van der Waals surface area contributed by atoms with Gasteiger partial charge in [0.05, 0.1) is 18.0 Å². The molecular weight excluding hydrogens is 490 g/mol. The fourth-order valence-electron chi connectivity index (χ4n) is 5.53. The number of tetrazole rings is 1. The van der Waals surface area contributed by atoms with E-state index in [2.05, 4.69) is 26.2 Å². The first-order valence-corrected chi connectivity index (χ1v) is 12.8. The molecule has 3 saturated heterocycles. The predicted octanol–water partition coefficient (Wildman–Crippen LogP) is -2.42. The van der Waals surface area contributed by atoms with Crippen molar-refractivity contribution < 1.29 is 24.3 Å². The van der Waals surface area contributed by atoms with E-state index in [9.17, 15) is 24.3 Å². The minimum atomic E-state index is -1.15. The molecule has 0 saturated carbocycles. The summed E-state index contributed by atoms with van der Waals surface area (Å²) < 4.78 is 1.28. The number of rotatable bonds is 8. The van der Waals surface area contributed by atoms with Crippen molar-refractivity contribution in [2.45, 2.75) is 56.2 Å². The Bertz CT molecular complexity index is 1110. The maximum absolute atomic E-state index is 13.0. The van der Waals surface area contributed by atoms with Gasteiger partial charge in [0.15, 0.2) is 0 Å². The van der Waals surface area contributed by atoms with Crippen molar-refractivity contribution in [3.63, 3.8) is 0 Å². The van der Waals surface area contributed by atoms with Crippen molar-refractivity contribution in [3.05, 3.63) is 16.9 Å². The van der Waals surface area contributed by atoms with Crippen LogP contribution in [0.4, 0.5) is 0 Å². The summed E-state index contributed by atoms with van der Waals surface area (Å²) >= 11 is 1.44. The number of β-lactam (4-membered cyclic amide) rings is 1. The van der Waals surface area contributed by atoms with E-state index in [0.717, 1.165) is 0 Å². The molecule has 0 spiro atoms. The van der Waals surface area contributed by atoms with E-state index in [0.29, 0.717) is 31.0 Å². The molecule has 3 fully saturated rings. The Balaban J connectivity index is 1.21. The fourth-order valence-corrected chi connectivity index (χ4v) is 7.05. The number of fused-ring (bicyclic) bond motifs is 1. The van der Waals surface area contributed by atoms with Crippen molar-refractivity contribution in [1.29, 1.82) is 0 Å². The van der Waals surface area contributed by atoms with Crippen LogP contribution < -0.4 is 16.4 Å². The summed E-state index contributed by atoms with van der Waals surface area (Å²) in [6.45, 7) is 5.24. The molecular formula is C21H29N9O5S. The molecule has 6 atom stereocenters. The lowest BCUT2D eigenvalue weighted by atomic mass is 9.78. The number of thioether (sulfide) groups is 1. The fraction of sp³-hybridized carbons (Fsp3) is 0.667. The smallest absolute Gasteiger partial charge is 0.353 e. The summed E-state index contributed by atoms with van der Waals surface area (Å²) in [6.07, 6.45) is 1.93. The van der Waals surface area contributed by atoms with Crippen molar-refractivity contribution in [1.82, 2.24) is 40.6 Å². The van der Waals surface area contributed by atoms with Gasteiger partial charge in [-0.15, -0.1) is 16.9 Å². The Morgan fingerprint density at radius 3 is 2.72 bits per heavy atom. The van der Waals surface area contributed by atoms with E-state index in [4.69, 9.17) is 5.73 Å². The summed E-state index contributed by atoms with van der Waals surface area (Å²) in [7, 11) is 0. The average molecular weight is 520 g/mol. The third-order valence-electron chi connectivity index (χ3n) is 7.33. The van der Waals surface area contributed by atoms with E-state index in [1.54, 1.807) is 11.8 Å². The monoisotopic (exact) mass is 519 g/mol. The molecule has 4 aliphatic heterocycles. The highest BCUT2D eigenvalue weighted by atomic mass is 32.2. The highest BCUT2D eigenvalue weighted by Gasteiger charge is 2.60. The van der Waals surface area contributed by atoms with Crippen LogP contribution in [-0.4, -0.2) is 108 Å². The molecule has 0 unspecified atom stereocenters. The van der Waals surface area contributed by atoms with Gasteiger partial charge in [0.1, 0.15) is 18.6 Å². The zero-order valence-corrected chi connectivity index (χ0v) is 20.7. The highest BCUT2D eigenvalue weighted by Crippen LogP contribution is 2.52. The summed E-state index contributed by atoms with van der Waals surface area (Å²) in [6, 6.07) is -1.12. The molecule has 14 nitrogen and oxygen atoms in total. The van der Waals surface area contributed by atoms with Crippen LogP contribution in [0.25, 0.3) is 0 Å². The van der Waals surface area contributed by atoms with Gasteiger partial charge in [-0.05, 0) is 23.8 Å². The van der Waals surface area contributed by atoms with Gasteiger partial charge in [-0.2, -0.15) is 0 Å². The number of nitrogens with two attached hydrogens (primary N) is 1. The SMILES string of the molecule is C[C@@H](NC(=O)Cn1cnnn1)[C@H]1C(=O)N2C(C(=O)O)=C(SC3CN(C(=O)[C@@H]4C[C@H](N)CN4)C3)[C@H](C)[C@H]12. The Morgan fingerprint density at radius 2 is 2.11 bits per heavy atom. The van der Waals surface area contributed by atoms with Crippen LogP contribution >= 0.6 is 11.8 Å². The van der Waals surface area contributed by atoms with Gasteiger partial charge >= 0.3 is 5.97 Å². The number of hydrogen-bond acceptors (Lipinski definition) is 10. The first-order chi connectivity index (χ1) is 17.2. The largest absolute Gasteiger partial charge is 0.477 e. The number of hydrogen-bond donors (Lipinski definition) is 4. The molecule has 5 heterocycles. The standard InChI is InChI=1S/C21H29N9O5S/c1-9-16-15(10(2)25-14(31)7-29-8-24-26-27-29)20(33)30(16)17(21(34)35)18(9)36-12-5-28(6-12)19(32)13-3-11(22)4-23-13/h8-13,15-16,23H,3-7,22H2,1-2H3,(H,25,31)(H,34,35)/t9-,10-,11+,13+,15-,16-/m1/s1. The number of aromatic nitrogens is 4. The first kappa shape index (κ1) is 24.6. The van der Waals surface area contributed by atoms with Gasteiger partial charge in [0.2, 0.25) is 17.7 Å². The number of carboxylic acids is 1. The molecule has 5 rings (SSSR count). The van der Waals surface area contributed by atoms with Gasteiger partial charge in [0, 0.05) is 47.8 Å². The number of likely N-dealkylation sites (tertiary alicyclic amines) is 1. The molecule has 15 heteroatoms. The number of aliphatic carboxylic acids is 1. The van der Waals surface area contributed by atoms with Crippen molar-refractivity contribution in [2.24, 2.45) is 17.6 Å². The number of carboxylic acid groups (broad SMARTS) is 1. The zero-order chi connectivity index (χ0) is 25.7. The van der Waals surface area contributed by atoms with E-state index in [1.807, 2.05) is 6.92 Å². The second-order valence-corrected chi connectivity index (χ2v) is 11.2. The molecule has 5 N–H and O–H groups in total. The third kappa shape index (κ3) is 4.24. The minimum Gasteiger partial charge on any atom is -0.477 e. The topological polar surface area (TPSA) is 189 Å². The molecule has 36 heavy (non-hydrogen) atoms. The number of nitrogens with zero attached hydrogens (tertiary/aromatic N) is 6. The van der Waals surface area contributed by atoms with Gasteiger partial charge in [-0.3, -0.25) is 14.4 Å². The Kier molecular flexibility index (Phi) is 6.46. The second kappa shape index (κ2) is 9.44. The second-order valence-electron chi connectivity index (χ2n) is 9.83. The number of nitrogens with one attached hydrogen (secondary N) is 2. The van der Waals surface area contributed by atoms with Crippen molar-refractivity contribution >= 4 is 35.5 Å². The number of carbonyl (C=O) groups excluding carboxylic acids is 3. The Labute approximate surface area is 211 Å². The molecule has 3 amide bonds. The molecule has 194 valence electrons. The first-order valence-electron chi connectivity index (χ1n) is 11.9. The zero-order valence-electron chi connectivity index (χ0n) is 19.9. The minimum absolute atomic E-state index is 0.0131. The Hall–Kier alpha value is -3.04. The van der Waals surface area contributed by atoms with Crippen LogP contribution in [0, 0.1) is 11.8 Å². The summed E-state index contributed by atoms with van der Waals surface area (Å²) in [5, 5.41) is 26.6. The maximum Gasteiger partial charge on any atom is 0.353 e. The third-order valence-corrected chi connectivity index (χ3v) is 8.78. The van der Waals surface area contributed by atoms with E-state index < -0.39 is 17.9 Å². The molecule has 4 aliphatic rings. The van der Waals surface area contributed by atoms with Gasteiger partial charge < -0.3 is 31.3 Å². The molecule has 1 aromatic heterocycles. The highest BCUT2D eigenvalue weighted by molar-refractivity contribution is 8.03. The lowest BCUT2D eigenvalue weighted by molar-refractivity contribution is -0.158. The Morgan fingerprint density at radius 1 is 1.36 bits per heavy atom. The van der Waals surface area contributed by atoms with Crippen LogP contribution in [0.3, 0.4) is 0 Å². The quantitative estimate of drug-likeness (QED) is 0.268. The van der Waals surface area contributed by atoms with Crippen molar-refractivity contribution in [3.8, 4) is 0 Å². The van der Waals surface area contributed by atoms with Crippen LogP contribution in [0.5, 0.6) is 0 Å². The summed E-state index contributed by atoms with van der Waals surface area (Å²) in [5.41, 5.74) is 5.90. The summed E-state index contributed by atoms with van der Waals surface area (Å²) in [5.74, 6) is -2.53. The van der Waals surface area contributed by atoms with Crippen LogP contribution in [0.1, 0.15) is 20.3 Å². The molecule has 0 bridgehead atoms. The van der Waals surface area contributed by atoms with E-state index in [-0.39, 0.29) is 59.3 Å². The summed E-state index contributed by atoms with van der Waals surface area (Å²) in [4.78, 5) is 54.0.